The lowest BCUT2D eigenvalue weighted by Crippen LogP contribution is -2.61. The second kappa shape index (κ2) is 7.74. The van der Waals surface area contributed by atoms with Crippen molar-refractivity contribution in [3.05, 3.63) is 0 Å². The van der Waals surface area contributed by atoms with Crippen LogP contribution in [0, 0.1) is 5.92 Å². The van der Waals surface area contributed by atoms with Crippen LogP contribution < -0.4 is 0 Å². The highest BCUT2D eigenvalue weighted by atomic mass is 16.7. The number of rotatable bonds is 4. The summed E-state index contributed by atoms with van der Waals surface area (Å²) < 4.78 is 17.2. The molecule has 2 saturated heterocycles. The summed E-state index contributed by atoms with van der Waals surface area (Å²) >= 11 is 0. The van der Waals surface area contributed by atoms with E-state index in [1.165, 1.54) is 0 Å². The lowest BCUT2D eigenvalue weighted by atomic mass is 9.89. The molecule has 0 spiro atoms. The van der Waals surface area contributed by atoms with Crippen molar-refractivity contribution in [1.82, 2.24) is 0 Å². The van der Waals surface area contributed by atoms with Crippen molar-refractivity contribution in [3.63, 3.8) is 0 Å². The van der Waals surface area contributed by atoms with Gasteiger partial charge in [-0.25, -0.2) is 0 Å². The maximum absolute atomic E-state index is 10.3. The van der Waals surface area contributed by atoms with Crippen LogP contribution in [0.2, 0.25) is 0 Å². The fourth-order valence-electron chi connectivity index (χ4n) is 3.43. The molecule has 0 aromatic rings. The second-order valence-corrected chi connectivity index (χ2v) is 6.66. The van der Waals surface area contributed by atoms with Gasteiger partial charge in [-0.3, -0.25) is 0 Å². The van der Waals surface area contributed by atoms with Crippen LogP contribution in [-0.2, 0) is 14.2 Å². The molecule has 0 amide bonds. The zero-order valence-electron chi connectivity index (χ0n) is 14.2. The molecule has 7 heteroatoms. The highest BCUT2D eigenvalue weighted by Gasteiger charge is 2.48. The molecule has 0 aromatic carbocycles. The van der Waals surface area contributed by atoms with Crippen molar-refractivity contribution in [2.24, 2.45) is 5.92 Å². The molecule has 2 aliphatic rings. The normalized spacial score (nSPS) is 51.7. The van der Waals surface area contributed by atoms with Crippen LogP contribution in [-0.4, -0.2) is 75.5 Å². The minimum atomic E-state index is -1.21. The molecule has 2 heterocycles. The highest BCUT2D eigenvalue weighted by Crippen LogP contribution is 2.32. The van der Waals surface area contributed by atoms with E-state index in [1.54, 1.807) is 6.92 Å². The van der Waals surface area contributed by atoms with Crippen molar-refractivity contribution >= 4 is 0 Å². The minimum absolute atomic E-state index is 0.213. The maximum Gasteiger partial charge on any atom is 0.186 e. The first-order chi connectivity index (χ1) is 10.8. The summed E-state index contributed by atoms with van der Waals surface area (Å²) in [6, 6.07) is 0. The minimum Gasteiger partial charge on any atom is -0.390 e. The average molecular weight is 334 g/mol. The molecule has 2 aliphatic heterocycles. The van der Waals surface area contributed by atoms with Crippen molar-refractivity contribution < 1.29 is 34.6 Å². The zero-order chi connectivity index (χ0) is 17.3. The fourth-order valence-corrected chi connectivity index (χ4v) is 3.43. The molecule has 10 atom stereocenters. The Kier molecular flexibility index (Phi) is 6.41. The van der Waals surface area contributed by atoms with Crippen LogP contribution in [0.4, 0.5) is 0 Å². The third-order valence-electron chi connectivity index (χ3n) is 5.08. The molecule has 0 saturated carbocycles. The lowest BCUT2D eigenvalue weighted by molar-refractivity contribution is -0.330. The topological polar surface area (TPSA) is 109 Å². The molecule has 4 N–H and O–H groups in total. The Hall–Kier alpha value is -0.280. The van der Waals surface area contributed by atoms with Crippen molar-refractivity contribution in [1.29, 1.82) is 0 Å². The molecule has 23 heavy (non-hydrogen) atoms. The SMILES string of the molecule is CCC1O[C@@H](O[C@@H]2C(CC)OC(C)C(O)[C@H]2O)C(O)[C@@H](O)[C@@H]1C. The molecule has 7 nitrogen and oxygen atoms in total. The van der Waals surface area contributed by atoms with Gasteiger partial charge in [0.2, 0.25) is 0 Å². The van der Waals surface area contributed by atoms with Gasteiger partial charge in [-0.2, -0.15) is 0 Å². The molecule has 0 aromatic heterocycles. The van der Waals surface area contributed by atoms with E-state index in [1.807, 2.05) is 20.8 Å². The summed E-state index contributed by atoms with van der Waals surface area (Å²) in [5, 5.41) is 40.7. The smallest absolute Gasteiger partial charge is 0.186 e. The Morgan fingerprint density at radius 1 is 0.783 bits per heavy atom. The van der Waals surface area contributed by atoms with E-state index in [-0.39, 0.29) is 12.0 Å². The standard InChI is InChI=1S/C16H30O7/c1-5-9-7(3)11(17)14(20)16(22-9)23-15-10(6-2)21-8(4)12(18)13(15)19/h7-20H,5-6H2,1-4H3/t7-,8?,9?,10?,11+,12?,13-,14?,15-,16+/m1/s1. The Morgan fingerprint density at radius 2 is 1.39 bits per heavy atom. The number of ether oxygens (including phenoxy) is 3. The largest absolute Gasteiger partial charge is 0.390 e. The molecule has 2 rings (SSSR count). The molecule has 0 radical (unpaired) electrons. The van der Waals surface area contributed by atoms with Crippen molar-refractivity contribution in [2.75, 3.05) is 0 Å². The molecular weight excluding hydrogens is 304 g/mol. The van der Waals surface area contributed by atoms with E-state index in [2.05, 4.69) is 0 Å². The zero-order valence-corrected chi connectivity index (χ0v) is 14.2. The predicted molar refractivity (Wildman–Crippen MR) is 81.6 cm³/mol. The summed E-state index contributed by atoms with van der Waals surface area (Å²) in [6.45, 7) is 7.33. The van der Waals surface area contributed by atoms with Gasteiger partial charge in [0.25, 0.3) is 0 Å². The third-order valence-corrected chi connectivity index (χ3v) is 5.08. The van der Waals surface area contributed by atoms with Gasteiger partial charge < -0.3 is 34.6 Å². The molecule has 0 bridgehead atoms. The van der Waals surface area contributed by atoms with E-state index < -0.39 is 49.0 Å². The predicted octanol–water partition coefficient (Wildman–Crippen LogP) is -0.216. The number of aliphatic hydroxyl groups excluding tert-OH is 4. The molecule has 0 aliphatic carbocycles. The molecule has 136 valence electrons. The molecule has 5 unspecified atom stereocenters. The van der Waals surface area contributed by atoms with Gasteiger partial charge in [-0.15, -0.1) is 0 Å². The quantitative estimate of drug-likeness (QED) is 0.563. The third kappa shape index (κ3) is 3.71. The van der Waals surface area contributed by atoms with Gasteiger partial charge in [0, 0.05) is 5.92 Å². The average Bonchev–Trinajstić information content (AvgIpc) is 2.55. The van der Waals surface area contributed by atoms with Gasteiger partial charge >= 0.3 is 0 Å². The van der Waals surface area contributed by atoms with Gasteiger partial charge in [0.15, 0.2) is 6.29 Å². The maximum atomic E-state index is 10.3. The number of hydrogen-bond acceptors (Lipinski definition) is 7. The van der Waals surface area contributed by atoms with Crippen LogP contribution in [0.1, 0.15) is 40.5 Å². The van der Waals surface area contributed by atoms with E-state index in [0.717, 1.165) is 0 Å². The van der Waals surface area contributed by atoms with Gasteiger partial charge in [0.1, 0.15) is 24.4 Å². The van der Waals surface area contributed by atoms with E-state index in [4.69, 9.17) is 14.2 Å². The second-order valence-electron chi connectivity index (χ2n) is 6.66. The van der Waals surface area contributed by atoms with E-state index >= 15 is 0 Å². The van der Waals surface area contributed by atoms with Crippen molar-refractivity contribution in [3.8, 4) is 0 Å². The van der Waals surface area contributed by atoms with Crippen LogP contribution in [0.15, 0.2) is 0 Å². The summed E-state index contributed by atoms with van der Waals surface area (Å²) in [5.74, 6) is -0.213. The molecular formula is C16H30O7. The fraction of sp³-hybridized carbons (Fsp3) is 1.00. The number of hydrogen-bond donors (Lipinski definition) is 4. The van der Waals surface area contributed by atoms with Gasteiger partial charge in [-0.05, 0) is 19.8 Å². The molecule has 2 fully saturated rings. The summed E-state index contributed by atoms with van der Waals surface area (Å²) in [4.78, 5) is 0. The van der Waals surface area contributed by atoms with Gasteiger partial charge in [0.05, 0.1) is 24.4 Å². The number of aliphatic hydroxyl groups is 4. The van der Waals surface area contributed by atoms with Crippen LogP contribution in [0.5, 0.6) is 0 Å². The van der Waals surface area contributed by atoms with E-state index in [9.17, 15) is 20.4 Å². The van der Waals surface area contributed by atoms with Crippen LogP contribution in [0.3, 0.4) is 0 Å². The highest BCUT2D eigenvalue weighted by molar-refractivity contribution is 4.93. The van der Waals surface area contributed by atoms with Crippen LogP contribution in [0.25, 0.3) is 0 Å². The lowest BCUT2D eigenvalue weighted by Gasteiger charge is -2.46. The Morgan fingerprint density at radius 3 is 1.96 bits per heavy atom. The Balaban J connectivity index is 2.11. The summed E-state index contributed by atoms with van der Waals surface area (Å²) in [7, 11) is 0. The van der Waals surface area contributed by atoms with Gasteiger partial charge in [-0.1, -0.05) is 20.8 Å². The summed E-state index contributed by atoms with van der Waals surface area (Å²) in [6.07, 6.45) is -6.21. The first-order valence-corrected chi connectivity index (χ1v) is 8.50. The van der Waals surface area contributed by atoms with Crippen molar-refractivity contribution in [2.45, 2.75) is 95.7 Å². The first kappa shape index (κ1) is 19.1. The Bertz CT molecular complexity index is 375. The monoisotopic (exact) mass is 334 g/mol. The Labute approximate surface area is 137 Å². The summed E-state index contributed by atoms with van der Waals surface area (Å²) in [5.41, 5.74) is 0. The van der Waals surface area contributed by atoms with Crippen LogP contribution >= 0.6 is 0 Å². The van der Waals surface area contributed by atoms with E-state index in [0.29, 0.717) is 12.8 Å². The first-order valence-electron chi connectivity index (χ1n) is 8.50.